The van der Waals surface area contributed by atoms with Crippen molar-refractivity contribution >= 4 is 5.91 Å². The van der Waals surface area contributed by atoms with Crippen LogP contribution >= 0.6 is 0 Å². The second kappa shape index (κ2) is 5.31. The Hall–Kier alpha value is -0.830. The molecule has 0 spiro atoms. The lowest BCUT2D eigenvalue weighted by Gasteiger charge is -2.17. The number of carbonyl (C=O) groups is 1. The summed E-state index contributed by atoms with van der Waals surface area (Å²) in [6, 6.07) is 0. The number of hydrogen-bond acceptors (Lipinski definition) is 2. The summed E-state index contributed by atoms with van der Waals surface area (Å²) in [4.78, 5) is 13.3. The molecule has 3 nitrogen and oxygen atoms in total. The molecule has 2 atom stereocenters. The van der Waals surface area contributed by atoms with Gasteiger partial charge in [0.2, 0.25) is 5.91 Å². The fourth-order valence-electron chi connectivity index (χ4n) is 2.25. The van der Waals surface area contributed by atoms with Gasteiger partial charge in [0.15, 0.2) is 0 Å². The van der Waals surface area contributed by atoms with Crippen LogP contribution < -0.4 is 0 Å². The number of likely N-dealkylation sites (tertiary alicyclic amines) is 1. The molecule has 0 aliphatic carbocycles. The first-order valence-corrected chi connectivity index (χ1v) is 5.52. The number of amides is 1. The Bertz CT molecular complexity index is 238. The maximum absolute atomic E-state index is 11.5. The van der Waals surface area contributed by atoms with Crippen molar-refractivity contribution in [2.45, 2.75) is 26.4 Å². The monoisotopic (exact) mass is 211 g/mol. The van der Waals surface area contributed by atoms with E-state index in [2.05, 4.69) is 20.4 Å². The van der Waals surface area contributed by atoms with Gasteiger partial charge in [-0.05, 0) is 18.4 Å². The fraction of sp³-hybridized carbons (Fsp3) is 0.750. The van der Waals surface area contributed by atoms with Crippen LogP contribution in [0.1, 0.15) is 20.3 Å². The molecule has 1 aliphatic heterocycles. The van der Waals surface area contributed by atoms with Gasteiger partial charge in [0.1, 0.15) is 0 Å². The molecule has 1 rings (SSSR count). The second-order valence-electron chi connectivity index (χ2n) is 4.61. The zero-order valence-corrected chi connectivity index (χ0v) is 9.90. The highest BCUT2D eigenvalue weighted by atomic mass is 16.5. The van der Waals surface area contributed by atoms with E-state index in [9.17, 15) is 4.79 Å². The van der Waals surface area contributed by atoms with Gasteiger partial charge in [0.05, 0.1) is 6.10 Å². The minimum atomic E-state index is 0.0170. The molecular formula is C12H21NO2. The molecule has 0 N–H and O–H groups in total. The SMILES string of the molecule is C=CC(=O)N1C[C@H](CC(C)C)[C@@H](OC)C1. The Balaban J connectivity index is 2.58. The maximum atomic E-state index is 11.5. The number of carbonyl (C=O) groups excluding carboxylic acids is 1. The van der Waals surface area contributed by atoms with Crippen LogP contribution in [0.5, 0.6) is 0 Å². The second-order valence-corrected chi connectivity index (χ2v) is 4.61. The zero-order chi connectivity index (χ0) is 11.4. The Labute approximate surface area is 92.1 Å². The molecule has 0 unspecified atom stereocenters. The molecule has 1 amide bonds. The molecule has 0 aromatic heterocycles. The summed E-state index contributed by atoms with van der Waals surface area (Å²) < 4.78 is 5.42. The first kappa shape index (κ1) is 12.2. The molecule has 0 radical (unpaired) electrons. The summed E-state index contributed by atoms with van der Waals surface area (Å²) >= 11 is 0. The summed E-state index contributed by atoms with van der Waals surface area (Å²) in [5.41, 5.74) is 0. The lowest BCUT2D eigenvalue weighted by Crippen LogP contribution is -2.28. The molecule has 0 aromatic rings. The Morgan fingerprint density at radius 2 is 2.27 bits per heavy atom. The quantitative estimate of drug-likeness (QED) is 0.662. The van der Waals surface area contributed by atoms with Crippen molar-refractivity contribution in [3.05, 3.63) is 12.7 Å². The molecule has 3 heteroatoms. The average molecular weight is 211 g/mol. The van der Waals surface area contributed by atoms with Gasteiger partial charge in [-0.2, -0.15) is 0 Å². The molecule has 0 saturated carbocycles. The van der Waals surface area contributed by atoms with E-state index < -0.39 is 0 Å². The van der Waals surface area contributed by atoms with Crippen molar-refractivity contribution in [3.8, 4) is 0 Å². The summed E-state index contributed by atoms with van der Waals surface area (Å²) in [6.07, 6.45) is 2.68. The van der Waals surface area contributed by atoms with Crippen molar-refractivity contribution in [2.75, 3.05) is 20.2 Å². The molecule has 1 aliphatic rings. The Morgan fingerprint density at radius 1 is 1.60 bits per heavy atom. The van der Waals surface area contributed by atoms with Gasteiger partial charge in [-0.3, -0.25) is 4.79 Å². The predicted molar refractivity (Wildman–Crippen MR) is 60.5 cm³/mol. The highest BCUT2D eigenvalue weighted by Crippen LogP contribution is 2.25. The highest BCUT2D eigenvalue weighted by molar-refractivity contribution is 5.87. The molecule has 1 saturated heterocycles. The van der Waals surface area contributed by atoms with Gasteiger partial charge in [-0.25, -0.2) is 0 Å². The van der Waals surface area contributed by atoms with E-state index in [1.807, 2.05) is 4.90 Å². The van der Waals surface area contributed by atoms with Gasteiger partial charge in [0.25, 0.3) is 0 Å². The van der Waals surface area contributed by atoms with Gasteiger partial charge >= 0.3 is 0 Å². The van der Waals surface area contributed by atoms with Gasteiger partial charge in [-0.15, -0.1) is 0 Å². The van der Waals surface area contributed by atoms with E-state index in [1.54, 1.807) is 7.11 Å². The van der Waals surface area contributed by atoms with Crippen LogP contribution in [0, 0.1) is 11.8 Å². The number of hydrogen-bond donors (Lipinski definition) is 0. The summed E-state index contributed by atoms with van der Waals surface area (Å²) in [7, 11) is 1.72. The molecule has 1 heterocycles. The first-order valence-electron chi connectivity index (χ1n) is 5.52. The average Bonchev–Trinajstić information content (AvgIpc) is 2.59. The molecule has 0 aromatic carbocycles. The van der Waals surface area contributed by atoms with E-state index in [4.69, 9.17) is 4.74 Å². The van der Waals surface area contributed by atoms with E-state index >= 15 is 0 Å². The van der Waals surface area contributed by atoms with Crippen molar-refractivity contribution in [3.63, 3.8) is 0 Å². The normalized spacial score (nSPS) is 26.0. The number of methoxy groups -OCH3 is 1. The number of rotatable bonds is 4. The molecule has 15 heavy (non-hydrogen) atoms. The standard InChI is InChI=1S/C12H21NO2/c1-5-12(14)13-7-10(6-9(2)3)11(8-13)15-4/h5,9-11H,1,6-8H2,2-4H3/t10-,11-/m0/s1. The Kier molecular flexibility index (Phi) is 4.33. The third-order valence-corrected chi connectivity index (χ3v) is 2.94. The first-order chi connectivity index (χ1) is 7.08. The summed E-state index contributed by atoms with van der Waals surface area (Å²) in [6.45, 7) is 9.42. The van der Waals surface area contributed by atoms with Crippen LogP contribution in [-0.4, -0.2) is 37.1 Å². The van der Waals surface area contributed by atoms with Crippen molar-refractivity contribution in [1.29, 1.82) is 0 Å². The largest absolute Gasteiger partial charge is 0.379 e. The van der Waals surface area contributed by atoms with Gasteiger partial charge < -0.3 is 9.64 Å². The zero-order valence-electron chi connectivity index (χ0n) is 9.90. The number of ether oxygens (including phenoxy) is 1. The lowest BCUT2D eigenvalue weighted by molar-refractivity contribution is -0.125. The number of nitrogens with zero attached hydrogens (tertiary/aromatic N) is 1. The van der Waals surface area contributed by atoms with Gasteiger partial charge in [0, 0.05) is 26.1 Å². The van der Waals surface area contributed by atoms with E-state index in [1.165, 1.54) is 6.08 Å². The van der Waals surface area contributed by atoms with Gasteiger partial charge in [-0.1, -0.05) is 20.4 Å². The van der Waals surface area contributed by atoms with Crippen molar-refractivity contribution in [2.24, 2.45) is 11.8 Å². The third-order valence-electron chi connectivity index (χ3n) is 2.94. The lowest BCUT2D eigenvalue weighted by atomic mass is 9.94. The van der Waals surface area contributed by atoms with Crippen LogP contribution in [0.25, 0.3) is 0 Å². The van der Waals surface area contributed by atoms with Crippen molar-refractivity contribution in [1.82, 2.24) is 4.90 Å². The summed E-state index contributed by atoms with van der Waals surface area (Å²) in [5, 5.41) is 0. The molecular weight excluding hydrogens is 190 g/mol. The fourth-order valence-corrected chi connectivity index (χ4v) is 2.25. The maximum Gasteiger partial charge on any atom is 0.246 e. The molecule has 1 fully saturated rings. The van der Waals surface area contributed by atoms with Crippen molar-refractivity contribution < 1.29 is 9.53 Å². The molecule has 86 valence electrons. The van der Waals surface area contributed by atoms with Crippen LogP contribution in [0.4, 0.5) is 0 Å². The Morgan fingerprint density at radius 3 is 2.73 bits per heavy atom. The van der Waals surface area contributed by atoms with E-state index in [0.29, 0.717) is 18.4 Å². The van der Waals surface area contributed by atoms with Crippen LogP contribution in [0.2, 0.25) is 0 Å². The van der Waals surface area contributed by atoms with Crippen LogP contribution in [0.15, 0.2) is 12.7 Å². The van der Waals surface area contributed by atoms with E-state index in [0.717, 1.165) is 13.0 Å². The topological polar surface area (TPSA) is 29.5 Å². The third kappa shape index (κ3) is 3.06. The predicted octanol–water partition coefficient (Wildman–Crippen LogP) is 1.69. The van der Waals surface area contributed by atoms with Crippen LogP contribution in [-0.2, 0) is 9.53 Å². The smallest absolute Gasteiger partial charge is 0.246 e. The molecule has 0 bridgehead atoms. The minimum absolute atomic E-state index is 0.0170. The summed E-state index contributed by atoms with van der Waals surface area (Å²) in [5.74, 6) is 1.13. The van der Waals surface area contributed by atoms with E-state index in [-0.39, 0.29) is 12.0 Å². The highest BCUT2D eigenvalue weighted by Gasteiger charge is 2.34. The van der Waals surface area contributed by atoms with Crippen LogP contribution in [0.3, 0.4) is 0 Å². The minimum Gasteiger partial charge on any atom is -0.379 e.